The van der Waals surface area contributed by atoms with Gasteiger partial charge in [0.1, 0.15) is 12.7 Å². The first-order valence-electron chi connectivity index (χ1n) is 7.52. The summed E-state index contributed by atoms with van der Waals surface area (Å²) in [6.45, 7) is 4.08. The van der Waals surface area contributed by atoms with Gasteiger partial charge in [-0.15, -0.1) is 0 Å². The molecule has 0 aliphatic carbocycles. The first-order chi connectivity index (χ1) is 10.2. The molecule has 1 aliphatic heterocycles. The number of aliphatic hydroxyl groups is 1. The highest BCUT2D eigenvalue weighted by Gasteiger charge is 2.19. The molecule has 2 N–H and O–H groups in total. The Bertz CT molecular complexity index is 428. The number of aliphatic hydroxyl groups excluding tert-OH is 1. The van der Waals surface area contributed by atoms with Crippen LogP contribution < -0.4 is 14.8 Å². The molecule has 0 aromatic heterocycles. The molecule has 21 heavy (non-hydrogen) atoms. The quantitative estimate of drug-likeness (QED) is 0.748. The first kappa shape index (κ1) is 16.1. The van der Waals surface area contributed by atoms with Crippen molar-refractivity contribution < 1.29 is 14.6 Å². The van der Waals surface area contributed by atoms with E-state index in [1.807, 2.05) is 24.3 Å². The number of methoxy groups -OCH3 is 1. The predicted octanol–water partition coefficient (Wildman–Crippen LogP) is 0.976. The molecule has 0 bridgehead atoms. The molecular formula is C16H26N2O3. The average Bonchev–Trinajstić information content (AvgIpc) is 2.91. The van der Waals surface area contributed by atoms with Gasteiger partial charge in [0.15, 0.2) is 11.5 Å². The Morgan fingerprint density at radius 2 is 2.14 bits per heavy atom. The van der Waals surface area contributed by atoms with Crippen molar-refractivity contribution in [1.29, 1.82) is 0 Å². The van der Waals surface area contributed by atoms with E-state index in [1.54, 1.807) is 7.11 Å². The van der Waals surface area contributed by atoms with Crippen molar-refractivity contribution >= 4 is 0 Å². The monoisotopic (exact) mass is 294 g/mol. The highest BCUT2D eigenvalue weighted by atomic mass is 16.5. The number of para-hydroxylation sites is 2. The summed E-state index contributed by atoms with van der Waals surface area (Å²) < 4.78 is 10.8. The largest absolute Gasteiger partial charge is 0.493 e. The minimum Gasteiger partial charge on any atom is -0.493 e. The summed E-state index contributed by atoms with van der Waals surface area (Å²) in [5, 5.41) is 13.3. The normalized spacial score (nSPS) is 20.4. The molecule has 1 heterocycles. The Balaban J connectivity index is 1.64. The Morgan fingerprint density at radius 3 is 2.81 bits per heavy atom. The molecule has 0 saturated carbocycles. The topological polar surface area (TPSA) is 54.0 Å². The lowest BCUT2D eigenvalue weighted by Gasteiger charge is -2.16. The SMILES string of the molecule is COc1ccccc1OCC(O)CNCC1CCN(C)C1. The van der Waals surface area contributed by atoms with Crippen LogP contribution in [-0.2, 0) is 0 Å². The molecular weight excluding hydrogens is 268 g/mol. The van der Waals surface area contributed by atoms with Crippen LogP contribution in [0.15, 0.2) is 24.3 Å². The van der Waals surface area contributed by atoms with Crippen LogP contribution in [0.25, 0.3) is 0 Å². The smallest absolute Gasteiger partial charge is 0.161 e. The van der Waals surface area contributed by atoms with Crippen LogP contribution in [0.1, 0.15) is 6.42 Å². The zero-order chi connectivity index (χ0) is 15.1. The van der Waals surface area contributed by atoms with E-state index in [4.69, 9.17) is 9.47 Å². The van der Waals surface area contributed by atoms with Gasteiger partial charge in [-0.2, -0.15) is 0 Å². The van der Waals surface area contributed by atoms with Gasteiger partial charge in [-0.1, -0.05) is 12.1 Å². The number of nitrogens with zero attached hydrogens (tertiary/aromatic N) is 1. The Labute approximate surface area is 126 Å². The van der Waals surface area contributed by atoms with Crippen LogP contribution in [0.3, 0.4) is 0 Å². The number of hydrogen-bond donors (Lipinski definition) is 2. The van der Waals surface area contributed by atoms with E-state index >= 15 is 0 Å². The number of nitrogens with one attached hydrogen (secondary N) is 1. The van der Waals surface area contributed by atoms with Crippen molar-refractivity contribution in [3.63, 3.8) is 0 Å². The number of ether oxygens (including phenoxy) is 2. The fourth-order valence-electron chi connectivity index (χ4n) is 2.63. The number of rotatable bonds is 8. The highest BCUT2D eigenvalue weighted by Crippen LogP contribution is 2.25. The van der Waals surface area contributed by atoms with Crippen molar-refractivity contribution in [2.24, 2.45) is 5.92 Å². The van der Waals surface area contributed by atoms with E-state index in [2.05, 4.69) is 17.3 Å². The average molecular weight is 294 g/mol. The van der Waals surface area contributed by atoms with Crippen molar-refractivity contribution in [2.75, 3.05) is 46.9 Å². The molecule has 1 aromatic rings. The third-order valence-electron chi connectivity index (χ3n) is 3.80. The minimum atomic E-state index is -0.519. The van der Waals surface area contributed by atoms with E-state index in [0.29, 0.717) is 24.0 Å². The van der Waals surface area contributed by atoms with Gasteiger partial charge >= 0.3 is 0 Å². The van der Waals surface area contributed by atoms with E-state index in [0.717, 1.165) is 13.1 Å². The van der Waals surface area contributed by atoms with Crippen LogP contribution in [0.2, 0.25) is 0 Å². The maximum Gasteiger partial charge on any atom is 0.161 e. The number of likely N-dealkylation sites (tertiary alicyclic amines) is 1. The van der Waals surface area contributed by atoms with Gasteiger partial charge in [0.05, 0.1) is 7.11 Å². The Morgan fingerprint density at radius 1 is 1.38 bits per heavy atom. The molecule has 2 unspecified atom stereocenters. The van der Waals surface area contributed by atoms with Gasteiger partial charge in [0, 0.05) is 13.1 Å². The molecule has 1 fully saturated rings. The highest BCUT2D eigenvalue weighted by molar-refractivity contribution is 5.39. The Kier molecular flexibility index (Phi) is 6.29. The molecule has 0 spiro atoms. The lowest BCUT2D eigenvalue weighted by molar-refractivity contribution is 0.104. The second-order valence-corrected chi connectivity index (χ2v) is 5.69. The van der Waals surface area contributed by atoms with E-state index < -0.39 is 6.10 Å². The van der Waals surface area contributed by atoms with E-state index in [1.165, 1.54) is 13.0 Å². The molecule has 0 amide bonds. The minimum absolute atomic E-state index is 0.262. The fourth-order valence-corrected chi connectivity index (χ4v) is 2.63. The van der Waals surface area contributed by atoms with Crippen LogP contribution >= 0.6 is 0 Å². The van der Waals surface area contributed by atoms with Crippen molar-refractivity contribution in [1.82, 2.24) is 10.2 Å². The standard InChI is InChI=1S/C16H26N2O3/c1-18-8-7-13(11-18)9-17-10-14(19)12-21-16-6-4-3-5-15(16)20-2/h3-6,13-14,17,19H,7-12H2,1-2H3. The summed E-state index contributed by atoms with van der Waals surface area (Å²) in [5.41, 5.74) is 0. The van der Waals surface area contributed by atoms with Crippen LogP contribution in [0.4, 0.5) is 0 Å². The zero-order valence-corrected chi connectivity index (χ0v) is 12.9. The summed E-state index contributed by atoms with van der Waals surface area (Å²) >= 11 is 0. The van der Waals surface area contributed by atoms with Gasteiger partial charge in [-0.25, -0.2) is 0 Å². The third-order valence-corrected chi connectivity index (χ3v) is 3.80. The second-order valence-electron chi connectivity index (χ2n) is 5.69. The summed E-state index contributed by atoms with van der Waals surface area (Å²) in [6, 6.07) is 7.46. The lowest BCUT2D eigenvalue weighted by Crippen LogP contribution is -2.34. The van der Waals surface area contributed by atoms with Gasteiger partial charge in [0.25, 0.3) is 0 Å². The van der Waals surface area contributed by atoms with Crippen molar-refractivity contribution in [2.45, 2.75) is 12.5 Å². The molecule has 5 nitrogen and oxygen atoms in total. The maximum atomic E-state index is 9.96. The van der Waals surface area contributed by atoms with Crippen LogP contribution in [-0.4, -0.2) is 63.1 Å². The van der Waals surface area contributed by atoms with E-state index in [9.17, 15) is 5.11 Å². The van der Waals surface area contributed by atoms with Gasteiger partial charge in [0.2, 0.25) is 0 Å². The van der Waals surface area contributed by atoms with Crippen molar-refractivity contribution in [3.8, 4) is 11.5 Å². The predicted molar refractivity (Wildman–Crippen MR) is 83.0 cm³/mol. The van der Waals surface area contributed by atoms with Crippen molar-refractivity contribution in [3.05, 3.63) is 24.3 Å². The third kappa shape index (κ3) is 5.19. The molecule has 5 heteroatoms. The summed E-state index contributed by atoms with van der Waals surface area (Å²) in [6.07, 6.45) is 0.714. The summed E-state index contributed by atoms with van der Waals surface area (Å²) in [7, 11) is 3.76. The van der Waals surface area contributed by atoms with E-state index in [-0.39, 0.29) is 6.61 Å². The first-order valence-corrected chi connectivity index (χ1v) is 7.52. The number of benzene rings is 1. The Hall–Kier alpha value is -1.30. The van der Waals surface area contributed by atoms with Gasteiger partial charge in [-0.3, -0.25) is 0 Å². The molecule has 1 saturated heterocycles. The molecule has 2 rings (SSSR count). The van der Waals surface area contributed by atoms with Crippen LogP contribution in [0.5, 0.6) is 11.5 Å². The second kappa shape index (κ2) is 8.22. The molecule has 0 radical (unpaired) electrons. The fraction of sp³-hybridized carbons (Fsp3) is 0.625. The molecule has 2 atom stereocenters. The molecule has 1 aromatic carbocycles. The molecule has 1 aliphatic rings. The number of hydrogen-bond acceptors (Lipinski definition) is 5. The molecule has 118 valence electrons. The lowest BCUT2D eigenvalue weighted by atomic mass is 10.1. The van der Waals surface area contributed by atoms with Gasteiger partial charge < -0.3 is 24.8 Å². The van der Waals surface area contributed by atoms with Gasteiger partial charge in [-0.05, 0) is 44.6 Å². The summed E-state index contributed by atoms with van der Waals surface area (Å²) in [4.78, 5) is 2.34. The maximum absolute atomic E-state index is 9.96. The zero-order valence-electron chi connectivity index (χ0n) is 12.9. The van der Waals surface area contributed by atoms with Crippen LogP contribution in [0, 0.1) is 5.92 Å². The summed E-state index contributed by atoms with van der Waals surface area (Å²) in [5.74, 6) is 2.04.